The third-order valence-corrected chi connectivity index (χ3v) is 3.94. The number of benzene rings is 2. The van der Waals surface area contributed by atoms with Crippen molar-refractivity contribution in [2.75, 3.05) is 14.1 Å². The molecule has 0 saturated carbocycles. The van der Waals surface area contributed by atoms with Crippen LogP contribution >= 0.6 is 11.6 Å². The van der Waals surface area contributed by atoms with Crippen LogP contribution < -0.4 is 0 Å². The SMILES string of the molecule is CN(C)[C@H](c1cccc([N+](=O)[O-])c1)c1nnnn1-c1cccc(Cl)c1. The van der Waals surface area contributed by atoms with Crippen LogP contribution in [0.2, 0.25) is 5.02 Å². The molecule has 2 aromatic carbocycles. The Bertz CT molecular complexity index is 911. The van der Waals surface area contributed by atoms with Crippen LogP contribution in [-0.2, 0) is 0 Å². The molecule has 0 radical (unpaired) electrons. The Labute approximate surface area is 148 Å². The average Bonchev–Trinajstić information content (AvgIpc) is 3.04. The largest absolute Gasteiger partial charge is 0.296 e. The second-order valence-corrected chi connectivity index (χ2v) is 6.08. The van der Waals surface area contributed by atoms with Gasteiger partial charge in [0.25, 0.3) is 5.69 Å². The molecule has 1 atom stereocenters. The number of hydrogen-bond donors (Lipinski definition) is 0. The third kappa shape index (κ3) is 3.49. The van der Waals surface area contributed by atoms with Gasteiger partial charge in [0.05, 0.1) is 16.7 Å². The lowest BCUT2D eigenvalue weighted by atomic mass is 10.0. The molecule has 0 aliphatic rings. The summed E-state index contributed by atoms with van der Waals surface area (Å²) >= 11 is 6.06. The highest BCUT2D eigenvalue weighted by Gasteiger charge is 2.25. The number of rotatable bonds is 5. The van der Waals surface area contributed by atoms with Crippen molar-refractivity contribution in [1.82, 2.24) is 25.1 Å². The lowest BCUT2D eigenvalue weighted by Gasteiger charge is -2.23. The Morgan fingerprint density at radius 2 is 1.96 bits per heavy atom. The number of non-ortho nitro benzene ring substituents is 1. The first-order chi connectivity index (χ1) is 12.0. The van der Waals surface area contributed by atoms with Crippen LogP contribution in [0, 0.1) is 10.1 Å². The van der Waals surface area contributed by atoms with Crippen molar-refractivity contribution in [3.8, 4) is 5.69 Å². The Morgan fingerprint density at radius 3 is 2.64 bits per heavy atom. The van der Waals surface area contributed by atoms with Crippen molar-refractivity contribution in [2.24, 2.45) is 0 Å². The summed E-state index contributed by atoms with van der Waals surface area (Å²) in [4.78, 5) is 12.6. The Balaban J connectivity index is 2.11. The van der Waals surface area contributed by atoms with Crippen LogP contribution in [0.15, 0.2) is 48.5 Å². The first kappa shape index (κ1) is 17.0. The molecular formula is C16H15ClN6O2. The maximum atomic E-state index is 11.1. The first-order valence-electron chi connectivity index (χ1n) is 7.42. The fourth-order valence-corrected chi connectivity index (χ4v) is 2.83. The molecule has 0 aliphatic carbocycles. The molecule has 1 heterocycles. The number of tetrazole rings is 1. The molecule has 0 saturated heterocycles. The van der Waals surface area contributed by atoms with Crippen LogP contribution in [0.5, 0.6) is 0 Å². The van der Waals surface area contributed by atoms with E-state index in [2.05, 4.69) is 15.5 Å². The van der Waals surface area contributed by atoms with E-state index in [0.717, 1.165) is 5.56 Å². The van der Waals surface area contributed by atoms with E-state index in [1.165, 1.54) is 12.1 Å². The molecule has 0 N–H and O–H groups in total. The minimum absolute atomic E-state index is 0.0196. The minimum atomic E-state index is -0.420. The zero-order valence-electron chi connectivity index (χ0n) is 13.6. The van der Waals surface area contributed by atoms with Crippen molar-refractivity contribution in [3.63, 3.8) is 0 Å². The monoisotopic (exact) mass is 358 g/mol. The lowest BCUT2D eigenvalue weighted by molar-refractivity contribution is -0.384. The second kappa shape index (κ2) is 6.96. The van der Waals surface area contributed by atoms with Gasteiger partial charge in [0.2, 0.25) is 0 Å². The first-order valence-corrected chi connectivity index (χ1v) is 7.80. The van der Waals surface area contributed by atoms with Crippen LogP contribution in [0.3, 0.4) is 0 Å². The molecule has 0 fully saturated rings. The van der Waals surface area contributed by atoms with Gasteiger partial charge < -0.3 is 0 Å². The maximum Gasteiger partial charge on any atom is 0.269 e. The van der Waals surface area contributed by atoms with Gasteiger partial charge in [-0.2, -0.15) is 4.68 Å². The summed E-state index contributed by atoms with van der Waals surface area (Å²) < 4.78 is 1.58. The molecule has 3 rings (SSSR count). The van der Waals surface area contributed by atoms with E-state index >= 15 is 0 Å². The summed E-state index contributed by atoms with van der Waals surface area (Å²) in [5, 5.41) is 23.6. The van der Waals surface area contributed by atoms with Gasteiger partial charge in [-0.3, -0.25) is 15.0 Å². The van der Waals surface area contributed by atoms with Gasteiger partial charge >= 0.3 is 0 Å². The van der Waals surface area contributed by atoms with Crippen molar-refractivity contribution >= 4 is 17.3 Å². The summed E-state index contributed by atoms with van der Waals surface area (Å²) in [5.74, 6) is 0.535. The number of hydrogen-bond acceptors (Lipinski definition) is 6. The standard InChI is InChI=1S/C16H15ClN6O2/c1-21(2)15(11-5-3-8-14(9-11)23(24)25)16-18-19-20-22(16)13-7-4-6-12(17)10-13/h3-10,15H,1-2H3/t15-/m1/s1. The smallest absolute Gasteiger partial charge is 0.269 e. The second-order valence-electron chi connectivity index (χ2n) is 5.65. The van der Waals surface area contributed by atoms with Gasteiger partial charge in [0.15, 0.2) is 5.82 Å². The molecule has 8 nitrogen and oxygen atoms in total. The zero-order valence-corrected chi connectivity index (χ0v) is 14.3. The molecule has 0 spiro atoms. The number of nitro groups is 1. The third-order valence-electron chi connectivity index (χ3n) is 3.70. The van der Waals surface area contributed by atoms with Gasteiger partial charge in [-0.05, 0) is 48.3 Å². The molecular weight excluding hydrogens is 344 g/mol. The average molecular weight is 359 g/mol. The molecule has 0 aliphatic heterocycles. The summed E-state index contributed by atoms with van der Waals surface area (Å²) in [6.07, 6.45) is 0. The predicted octanol–water partition coefficient (Wildman–Crippen LogP) is 2.87. The number of halogens is 1. The number of aromatic nitrogens is 4. The summed E-state index contributed by atoms with van der Waals surface area (Å²) in [6.45, 7) is 0. The van der Waals surface area contributed by atoms with Crippen LogP contribution in [0.4, 0.5) is 5.69 Å². The highest BCUT2D eigenvalue weighted by Crippen LogP contribution is 2.29. The summed E-state index contributed by atoms with van der Waals surface area (Å²) in [6, 6.07) is 13.2. The van der Waals surface area contributed by atoms with Crippen LogP contribution in [0.1, 0.15) is 17.4 Å². The quantitative estimate of drug-likeness (QED) is 0.514. The van der Waals surface area contributed by atoms with Crippen molar-refractivity contribution in [1.29, 1.82) is 0 Å². The van der Waals surface area contributed by atoms with Crippen molar-refractivity contribution in [2.45, 2.75) is 6.04 Å². The fraction of sp³-hybridized carbons (Fsp3) is 0.188. The van der Waals surface area contributed by atoms with E-state index in [0.29, 0.717) is 16.5 Å². The van der Waals surface area contributed by atoms with Gasteiger partial charge in [0, 0.05) is 17.2 Å². The van der Waals surface area contributed by atoms with Gasteiger partial charge in [-0.25, -0.2) is 0 Å². The van der Waals surface area contributed by atoms with E-state index in [1.54, 1.807) is 28.9 Å². The van der Waals surface area contributed by atoms with E-state index in [1.807, 2.05) is 31.1 Å². The molecule has 1 aromatic heterocycles. The normalized spacial score (nSPS) is 12.3. The van der Waals surface area contributed by atoms with E-state index < -0.39 is 4.92 Å². The highest BCUT2D eigenvalue weighted by atomic mass is 35.5. The Morgan fingerprint density at radius 1 is 1.20 bits per heavy atom. The zero-order chi connectivity index (χ0) is 18.0. The van der Waals surface area contributed by atoms with E-state index in [-0.39, 0.29) is 11.7 Å². The summed E-state index contributed by atoms with van der Waals surface area (Å²) in [5.41, 5.74) is 1.45. The van der Waals surface area contributed by atoms with Crippen LogP contribution in [0.25, 0.3) is 5.69 Å². The predicted molar refractivity (Wildman–Crippen MR) is 92.8 cm³/mol. The number of nitro benzene ring substituents is 1. The van der Waals surface area contributed by atoms with Crippen LogP contribution in [-0.4, -0.2) is 44.1 Å². The maximum absolute atomic E-state index is 11.1. The summed E-state index contributed by atoms with van der Waals surface area (Å²) in [7, 11) is 3.72. The molecule has 25 heavy (non-hydrogen) atoms. The molecule has 0 unspecified atom stereocenters. The van der Waals surface area contributed by atoms with Gasteiger partial charge in [-0.15, -0.1) is 5.10 Å². The minimum Gasteiger partial charge on any atom is -0.296 e. The molecule has 0 bridgehead atoms. The van der Waals surface area contributed by atoms with Gasteiger partial charge in [0.1, 0.15) is 0 Å². The molecule has 3 aromatic rings. The highest BCUT2D eigenvalue weighted by molar-refractivity contribution is 6.30. The topological polar surface area (TPSA) is 90.0 Å². The molecule has 0 amide bonds. The molecule has 128 valence electrons. The van der Waals surface area contributed by atoms with E-state index in [4.69, 9.17) is 11.6 Å². The fourth-order valence-electron chi connectivity index (χ4n) is 2.64. The van der Waals surface area contributed by atoms with E-state index in [9.17, 15) is 10.1 Å². The van der Waals surface area contributed by atoms with Gasteiger partial charge in [-0.1, -0.05) is 29.8 Å². The molecule has 9 heteroatoms. The Hall–Kier alpha value is -2.84. The lowest BCUT2D eigenvalue weighted by Crippen LogP contribution is -2.24. The number of nitrogens with zero attached hydrogens (tertiary/aromatic N) is 6. The van der Waals surface area contributed by atoms with Crippen molar-refractivity contribution < 1.29 is 4.92 Å². The van der Waals surface area contributed by atoms with Crippen molar-refractivity contribution in [3.05, 3.63) is 75.1 Å². The Kier molecular flexibility index (Phi) is 4.73.